The second-order valence-electron chi connectivity index (χ2n) is 4.38. The number of benzene rings is 1. The highest BCUT2D eigenvalue weighted by Crippen LogP contribution is 2.30. The molecular weight excluding hydrogens is 236 g/mol. The minimum atomic E-state index is 0.806. The summed E-state index contributed by atoms with van der Waals surface area (Å²) in [4.78, 5) is 8.74. The second-order valence-corrected chi connectivity index (χ2v) is 4.38. The Morgan fingerprint density at radius 3 is 2.53 bits per heavy atom. The average molecular weight is 246 g/mol. The van der Waals surface area contributed by atoms with Crippen molar-refractivity contribution in [3.8, 4) is 11.4 Å². The normalized spacial score (nSPS) is 11.2. The first-order chi connectivity index (χ1) is 9.42. The summed E-state index contributed by atoms with van der Waals surface area (Å²) in [5, 5.41) is 2.18. The van der Waals surface area contributed by atoms with Gasteiger partial charge in [0, 0.05) is 17.0 Å². The molecule has 0 unspecified atom stereocenters. The number of para-hydroxylation sites is 1. The summed E-state index contributed by atoms with van der Waals surface area (Å²) in [6.45, 7) is 0. The number of aromatic nitrogens is 2. The number of hydrogen-bond donors (Lipinski definition) is 0. The Morgan fingerprint density at radius 1 is 0.737 bits per heavy atom. The van der Waals surface area contributed by atoms with Crippen LogP contribution in [-0.2, 0) is 0 Å². The van der Waals surface area contributed by atoms with Gasteiger partial charge in [0.2, 0.25) is 0 Å². The molecule has 4 rings (SSSR count). The molecule has 0 bridgehead atoms. The van der Waals surface area contributed by atoms with E-state index in [0.29, 0.717) is 0 Å². The van der Waals surface area contributed by atoms with E-state index in [1.807, 2.05) is 42.5 Å². The van der Waals surface area contributed by atoms with Crippen LogP contribution < -0.4 is 0 Å². The molecule has 0 saturated heterocycles. The lowest BCUT2D eigenvalue weighted by atomic mass is 10.1. The Bertz CT molecular complexity index is 866. The molecule has 1 aromatic carbocycles. The van der Waals surface area contributed by atoms with Gasteiger partial charge in [-0.3, -0.25) is 9.97 Å². The van der Waals surface area contributed by atoms with E-state index in [4.69, 9.17) is 4.42 Å². The Morgan fingerprint density at radius 2 is 1.63 bits per heavy atom. The second kappa shape index (κ2) is 3.92. The van der Waals surface area contributed by atoms with Crippen LogP contribution in [0.15, 0.2) is 65.3 Å². The van der Waals surface area contributed by atoms with Gasteiger partial charge in [-0.15, -0.1) is 0 Å². The van der Waals surface area contributed by atoms with Crippen LogP contribution in [-0.4, -0.2) is 9.97 Å². The van der Waals surface area contributed by atoms with Crippen molar-refractivity contribution < 1.29 is 4.42 Å². The Hall–Kier alpha value is -2.68. The highest BCUT2D eigenvalue weighted by Gasteiger charge is 2.08. The van der Waals surface area contributed by atoms with Crippen LogP contribution in [0, 0.1) is 0 Å². The van der Waals surface area contributed by atoms with Gasteiger partial charge in [0.25, 0.3) is 0 Å². The first-order valence-corrected chi connectivity index (χ1v) is 6.10. The number of hydrogen-bond acceptors (Lipinski definition) is 3. The predicted molar refractivity (Wildman–Crippen MR) is 74.7 cm³/mol. The van der Waals surface area contributed by atoms with Gasteiger partial charge in [-0.05, 0) is 24.3 Å². The third kappa shape index (κ3) is 1.59. The van der Waals surface area contributed by atoms with E-state index >= 15 is 0 Å². The molecule has 4 aromatic rings. The first-order valence-electron chi connectivity index (χ1n) is 6.10. The lowest BCUT2D eigenvalue weighted by Crippen LogP contribution is -1.85. The van der Waals surface area contributed by atoms with Gasteiger partial charge in [0.15, 0.2) is 5.58 Å². The maximum atomic E-state index is 5.76. The first kappa shape index (κ1) is 10.3. The Balaban J connectivity index is 2.03. The van der Waals surface area contributed by atoms with Crippen LogP contribution in [0.1, 0.15) is 0 Å². The van der Waals surface area contributed by atoms with Crippen LogP contribution in [0.2, 0.25) is 0 Å². The summed E-state index contributed by atoms with van der Waals surface area (Å²) in [6.07, 6.45) is 3.54. The number of pyridine rings is 2. The van der Waals surface area contributed by atoms with Crippen molar-refractivity contribution in [3.05, 3.63) is 60.9 Å². The fraction of sp³-hybridized carbons (Fsp3) is 0. The zero-order valence-corrected chi connectivity index (χ0v) is 10.1. The topological polar surface area (TPSA) is 38.9 Å². The molecule has 0 atom stereocenters. The van der Waals surface area contributed by atoms with E-state index in [2.05, 4.69) is 16.0 Å². The van der Waals surface area contributed by atoms with E-state index < -0.39 is 0 Å². The predicted octanol–water partition coefficient (Wildman–Crippen LogP) is 4.04. The van der Waals surface area contributed by atoms with Crippen LogP contribution in [0.4, 0.5) is 0 Å². The van der Waals surface area contributed by atoms with Gasteiger partial charge >= 0.3 is 0 Å². The van der Waals surface area contributed by atoms with Crippen molar-refractivity contribution in [1.29, 1.82) is 0 Å². The molecule has 0 fully saturated rings. The van der Waals surface area contributed by atoms with Crippen LogP contribution in [0.3, 0.4) is 0 Å². The van der Waals surface area contributed by atoms with Crippen LogP contribution >= 0.6 is 0 Å². The average Bonchev–Trinajstić information content (AvgIpc) is 2.86. The largest absolute Gasteiger partial charge is 0.454 e. The molecule has 0 spiro atoms. The fourth-order valence-electron chi connectivity index (χ4n) is 2.29. The Labute approximate surface area is 109 Å². The lowest BCUT2D eigenvalue weighted by Gasteiger charge is -1.98. The van der Waals surface area contributed by atoms with Crippen molar-refractivity contribution in [1.82, 2.24) is 9.97 Å². The van der Waals surface area contributed by atoms with E-state index in [0.717, 1.165) is 33.3 Å². The molecule has 0 N–H and O–H groups in total. The van der Waals surface area contributed by atoms with Gasteiger partial charge in [0.1, 0.15) is 5.58 Å². The summed E-state index contributed by atoms with van der Waals surface area (Å²) >= 11 is 0. The van der Waals surface area contributed by atoms with Crippen molar-refractivity contribution in [3.63, 3.8) is 0 Å². The molecule has 3 heteroatoms. The summed E-state index contributed by atoms with van der Waals surface area (Å²) < 4.78 is 5.76. The Kier molecular flexibility index (Phi) is 2.12. The zero-order chi connectivity index (χ0) is 12.7. The minimum Gasteiger partial charge on any atom is -0.454 e. The molecule has 0 aliphatic rings. The SMILES string of the molecule is c1ccc(-c2cc3c(cn2)oc2ccccc23)nc1. The standard InChI is InChI=1S/C16H10N2O/c1-2-7-15-11(5-1)12-9-14(18-10-16(12)19-15)13-6-3-4-8-17-13/h1-10H. The molecule has 0 aliphatic heterocycles. The van der Waals surface area contributed by atoms with E-state index in [9.17, 15) is 0 Å². The molecule has 19 heavy (non-hydrogen) atoms. The summed E-state index contributed by atoms with van der Waals surface area (Å²) in [6, 6.07) is 15.9. The number of rotatable bonds is 1. The van der Waals surface area contributed by atoms with Crippen molar-refractivity contribution >= 4 is 21.9 Å². The quantitative estimate of drug-likeness (QED) is 0.508. The van der Waals surface area contributed by atoms with Gasteiger partial charge in [-0.2, -0.15) is 0 Å². The van der Waals surface area contributed by atoms with Crippen molar-refractivity contribution in [2.45, 2.75) is 0 Å². The molecule has 3 nitrogen and oxygen atoms in total. The van der Waals surface area contributed by atoms with Gasteiger partial charge in [0.05, 0.1) is 17.6 Å². The van der Waals surface area contributed by atoms with Gasteiger partial charge in [-0.25, -0.2) is 0 Å². The van der Waals surface area contributed by atoms with Gasteiger partial charge < -0.3 is 4.42 Å². The van der Waals surface area contributed by atoms with Gasteiger partial charge in [-0.1, -0.05) is 24.3 Å². The smallest absolute Gasteiger partial charge is 0.153 e. The third-order valence-electron chi connectivity index (χ3n) is 3.19. The van der Waals surface area contributed by atoms with Crippen molar-refractivity contribution in [2.75, 3.05) is 0 Å². The molecule has 90 valence electrons. The number of fused-ring (bicyclic) bond motifs is 3. The molecule has 0 amide bonds. The number of furan rings is 1. The molecular formula is C16H10N2O. The van der Waals surface area contributed by atoms with Crippen LogP contribution in [0.5, 0.6) is 0 Å². The molecule has 0 saturated carbocycles. The molecule has 3 heterocycles. The molecule has 0 radical (unpaired) electrons. The lowest BCUT2D eigenvalue weighted by molar-refractivity contribution is 0.667. The van der Waals surface area contributed by atoms with E-state index in [-0.39, 0.29) is 0 Å². The summed E-state index contributed by atoms with van der Waals surface area (Å²) in [5.41, 5.74) is 3.42. The highest BCUT2D eigenvalue weighted by atomic mass is 16.3. The molecule has 3 aromatic heterocycles. The summed E-state index contributed by atoms with van der Waals surface area (Å²) in [5.74, 6) is 0. The maximum Gasteiger partial charge on any atom is 0.153 e. The highest BCUT2D eigenvalue weighted by molar-refractivity contribution is 6.05. The van der Waals surface area contributed by atoms with Crippen LogP contribution in [0.25, 0.3) is 33.3 Å². The summed E-state index contributed by atoms with van der Waals surface area (Å²) in [7, 11) is 0. The number of nitrogens with zero attached hydrogens (tertiary/aromatic N) is 2. The molecule has 0 aliphatic carbocycles. The monoisotopic (exact) mass is 246 g/mol. The minimum absolute atomic E-state index is 0.806. The third-order valence-corrected chi connectivity index (χ3v) is 3.19. The maximum absolute atomic E-state index is 5.76. The van der Waals surface area contributed by atoms with E-state index in [1.165, 1.54) is 0 Å². The van der Waals surface area contributed by atoms with E-state index in [1.54, 1.807) is 12.4 Å². The van der Waals surface area contributed by atoms with Crippen molar-refractivity contribution in [2.24, 2.45) is 0 Å². The fourth-order valence-corrected chi connectivity index (χ4v) is 2.29. The zero-order valence-electron chi connectivity index (χ0n) is 10.1.